The minimum absolute atomic E-state index is 0.381. The fraction of sp³-hybridized carbons (Fsp3) is 0.353. The molecule has 0 saturated carbocycles. The number of fused-ring (bicyclic) bond motifs is 1. The maximum atomic E-state index is 13.6. The molecule has 1 heterocycles. The molecule has 0 spiro atoms. The van der Waals surface area contributed by atoms with Gasteiger partial charge in [-0.2, -0.15) is 0 Å². The summed E-state index contributed by atoms with van der Waals surface area (Å²) < 4.78 is 27.2. The van der Waals surface area contributed by atoms with Crippen molar-refractivity contribution in [1.82, 2.24) is 0 Å². The van der Waals surface area contributed by atoms with E-state index in [0.29, 0.717) is 4.88 Å². The zero-order chi connectivity index (χ0) is 15.5. The molecule has 1 aromatic carbocycles. The molecule has 1 aromatic heterocycles. The third kappa shape index (κ3) is 3.19. The number of para-hydroxylation sites is 1. The molecule has 1 aliphatic carbocycles. The Hall–Kier alpha value is -1.75. The first-order valence-electron chi connectivity index (χ1n) is 7.52. The summed E-state index contributed by atoms with van der Waals surface area (Å²) in [5, 5.41) is 2.36. The van der Waals surface area contributed by atoms with Gasteiger partial charge < -0.3 is 5.32 Å². The van der Waals surface area contributed by atoms with Crippen LogP contribution in [0.4, 0.5) is 14.5 Å². The molecule has 1 aliphatic rings. The Morgan fingerprint density at radius 3 is 2.45 bits per heavy atom. The number of hydrogen-bond donors (Lipinski definition) is 1. The lowest BCUT2D eigenvalue weighted by atomic mass is 10.00. The topological polar surface area (TPSA) is 29.1 Å². The molecule has 22 heavy (non-hydrogen) atoms. The van der Waals surface area contributed by atoms with Gasteiger partial charge >= 0.3 is 0 Å². The highest BCUT2D eigenvalue weighted by atomic mass is 32.1. The highest BCUT2D eigenvalue weighted by Crippen LogP contribution is 2.29. The number of hydrogen-bond acceptors (Lipinski definition) is 2. The van der Waals surface area contributed by atoms with Gasteiger partial charge in [0.25, 0.3) is 5.91 Å². The molecule has 1 N–H and O–H groups in total. The number of aryl methyl sites for hydroxylation is 2. The fourth-order valence-electron chi connectivity index (χ4n) is 2.75. The second-order valence-corrected chi connectivity index (χ2v) is 6.66. The van der Waals surface area contributed by atoms with E-state index in [-0.39, 0.29) is 5.69 Å². The van der Waals surface area contributed by atoms with E-state index < -0.39 is 17.5 Å². The van der Waals surface area contributed by atoms with E-state index in [9.17, 15) is 13.6 Å². The summed E-state index contributed by atoms with van der Waals surface area (Å²) >= 11 is 1.44. The van der Waals surface area contributed by atoms with Gasteiger partial charge in [-0.05, 0) is 49.4 Å². The number of thiophene rings is 1. The number of carbonyl (C=O) groups is 1. The monoisotopic (exact) mass is 321 g/mol. The van der Waals surface area contributed by atoms with Gasteiger partial charge in [-0.3, -0.25) is 4.79 Å². The van der Waals surface area contributed by atoms with E-state index in [1.807, 2.05) is 6.07 Å². The molecule has 5 heteroatoms. The van der Waals surface area contributed by atoms with Crippen LogP contribution in [0.3, 0.4) is 0 Å². The average Bonchev–Trinajstić information content (AvgIpc) is 2.85. The van der Waals surface area contributed by atoms with Crippen LogP contribution in [0.1, 0.15) is 45.8 Å². The lowest BCUT2D eigenvalue weighted by molar-refractivity contribution is 0.102. The molecule has 2 nitrogen and oxygen atoms in total. The van der Waals surface area contributed by atoms with Crippen LogP contribution < -0.4 is 5.32 Å². The van der Waals surface area contributed by atoms with Gasteiger partial charge in [0.2, 0.25) is 0 Å². The molecule has 0 atom stereocenters. The van der Waals surface area contributed by atoms with E-state index in [4.69, 9.17) is 0 Å². The Bertz CT molecular complexity index is 650. The van der Waals surface area contributed by atoms with Crippen LogP contribution in [0.25, 0.3) is 0 Å². The first-order valence-corrected chi connectivity index (χ1v) is 8.34. The summed E-state index contributed by atoms with van der Waals surface area (Å²) in [7, 11) is 0. The quantitative estimate of drug-likeness (QED) is 0.834. The molecule has 0 fully saturated rings. The normalized spacial score (nSPS) is 14.8. The molecular weight excluding hydrogens is 304 g/mol. The van der Waals surface area contributed by atoms with Gasteiger partial charge in [0.05, 0.1) is 4.88 Å². The lowest BCUT2D eigenvalue weighted by Gasteiger charge is -2.07. The van der Waals surface area contributed by atoms with Crippen molar-refractivity contribution >= 4 is 22.9 Å². The van der Waals surface area contributed by atoms with Crippen LogP contribution in [0.15, 0.2) is 24.3 Å². The van der Waals surface area contributed by atoms with Crippen LogP contribution in [0, 0.1) is 11.6 Å². The molecular formula is C17H17F2NOS. The van der Waals surface area contributed by atoms with Crippen molar-refractivity contribution in [2.75, 3.05) is 5.32 Å². The Morgan fingerprint density at radius 1 is 1.05 bits per heavy atom. The minimum Gasteiger partial charge on any atom is -0.316 e. The van der Waals surface area contributed by atoms with E-state index >= 15 is 0 Å². The van der Waals surface area contributed by atoms with Crippen molar-refractivity contribution in [2.45, 2.75) is 38.5 Å². The number of anilines is 1. The van der Waals surface area contributed by atoms with Gasteiger partial charge in [0, 0.05) is 4.88 Å². The Labute approximate surface area is 132 Å². The third-order valence-corrected chi connectivity index (χ3v) is 5.16. The molecule has 116 valence electrons. The van der Waals surface area contributed by atoms with Gasteiger partial charge in [-0.25, -0.2) is 8.78 Å². The van der Waals surface area contributed by atoms with Crippen LogP contribution in [-0.4, -0.2) is 5.91 Å². The minimum atomic E-state index is -0.761. The van der Waals surface area contributed by atoms with Gasteiger partial charge in [-0.1, -0.05) is 18.9 Å². The summed E-state index contributed by atoms with van der Waals surface area (Å²) in [5.41, 5.74) is 0.831. The summed E-state index contributed by atoms with van der Waals surface area (Å²) in [6.07, 6.45) is 6.67. The second kappa shape index (κ2) is 6.57. The summed E-state index contributed by atoms with van der Waals surface area (Å²) in [6, 6.07) is 5.41. The average molecular weight is 321 g/mol. The number of nitrogens with one attached hydrogen (secondary N) is 1. The summed E-state index contributed by atoms with van der Waals surface area (Å²) in [5.74, 6) is -1.97. The zero-order valence-corrected chi connectivity index (χ0v) is 12.9. The van der Waals surface area contributed by atoms with Crippen LogP contribution >= 0.6 is 11.3 Å². The molecule has 0 unspecified atom stereocenters. The number of benzene rings is 1. The first kappa shape index (κ1) is 15.2. The number of carbonyl (C=O) groups excluding carboxylic acids is 1. The predicted molar refractivity (Wildman–Crippen MR) is 84.5 cm³/mol. The van der Waals surface area contributed by atoms with E-state index in [1.54, 1.807) is 0 Å². The second-order valence-electron chi connectivity index (χ2n) is 5.52. The van der Waals surface area contributed by atoms with Crippen molar-refractivity contribution in [3.63, 3.8) is 0 Å². The summed E-state index contributed by atoms with van der Waals surface area (Å²) in [6.45, 7) is 0. The molecule has 0 bridgehead atoms. The molecule has 0 aliphatic heterocycles. The van der Waals surface area contributed by atoms with Crippen LogP contribution in [0.5, 0.6) is 0 Å². The first-order chi connectivity index (χ1) is 10.6. The largest absolute Gasteiger partial charge is 0.316 e. The van der Waals surface area contributed by atoms with Gasteiger partial charge in [0.15, 0.2) is 0 Å². The standard InChI is InChI=1S/C17H17F2NOS/c18-12-7-5-8-13(19)16(12)20-17(21)15-10-11-6-3-1-2-4-9-14(11)22-15/h5,7-8,10H,1-4,6,9H2,(H,20,21). The van der Waals surface area contributed by atoms with Crippen molar-refractivity contribution in [1.29, 1.82) is 0 Å². The van der Waals surface area contributed by atoms with Gasteiger partial charge in [-0.15, -0.1) is 11.3 Å². The molecule has 3 rings (SSSR count). The van der Waals surface area contributed by atoms with Crippen LogP contribution in [0.2, 0.25) is 0 Å². The molecule has 0 saturated heterocycles. The highest BCUT2D eigenvalue weighted by Gasteiger charge is 2.18. The van der Waals surface area contributed by atoms with E-state index in [1.165, 1.54) is 40.7 Å². The Kier molecular flexibility index (Phi) is 4.52. The summed E-state index contributed by atoms with van der Waals surface area (Å²) in [4.78, 5) is 14.0. The Balaban J connectivity index is 1.82. The number of rotatable bonds is 2. The van der Waals surface area contributed by atoms with Crippen molar-refractivity contribution < 1.29 is 13.6 Å². The van der Waals surface area contributed by atoms with E-state index in [2.05, 4.69) is 5.32 Å². The lowest BCUT2D eigenvalue weighted by Crippen LogP contribution is -2.12. The van der Waals surface area contributed by atoms with Crippen LogP contribution in [-0.2, 0) is 12.8 Å². The maximum Gasteiger partial charge on any atom is 0.265 e. The maximum absolute atomic E-state index is 13.6. The molecule has 0 radical (unpaired) electrons. The molecule has 2 aromatic rings. The zero-order valence-electron chi connectivity index (χ0n) is 12.1. The highest BCUT2D eigenvalue weighted by molar-refractivity contribution is 7.14. The predicted octanol–water partition coefficient (Wildman–Crippen LogP) is 4.94. The number of amides is 1. The molecule has 1 amide bonds. The van der Waals surface area contributed by atoms with Crippen molar-refractivity contribution in [2.24, 2.45) is 0 Å². The fourth-order valence-corrected chi connectivity index (χ4v) is 3.90. The smallest absolute Gasteiger partial charge is 0.265 e. The third-order valence-electron chi connectivity index (χ3n) is 3.92. The number of halogens is 2. The van der Waals surface area contributed by atoms with E-state index in [0.717, 1.165) is 37.8 Å². The Morgan fingerprint density at radius 2 is 1.73 bits per heavy atom. The SMILES string of the molecule is O=C(Nc1c(F)cccc1F)c1cc2c(s1)CCCCCC2. The van der Waals surface area contributed by atoms with Crippen molar-refractivity contribution in [3.05, 3.63) is 51.2 Å². The van der Waals surface area contributed by atoms with Gasteiger partial charge in [0.1, 0.15) is 17.3 Å². The van der Waals surface area contributed by atoms with Crippen molar-refractivity contribution in [3.8, 4) is 0 Å².